The molecule has 146 valence electrons. The van der Waals surface area contributed by atoms with Gasteiger partial charge < -0.3 is 4.90 Å². The molecule has 0 aliphatic carbocycles. The Labute approximate surface area is 167 Å². The van der Waals surface area contributed by atoms with Crippen molar-refractivity contribution in [1.82, 2.24) is 9.62 Å². The van der Waals surface area contributed by atoms with Crippen LogP contribution in [0.2, 0.25) is 5.02 Å². The first-order valence-corrected chi connectivity index (χ1v) is 11.0. The van der Waals surface area contributed by atoms with Crippen LogP contribution in [0.5, 0.6) is 0 Å². The van der Waals surface area contributed by atoms with Crippen LogP contribution in [0.4, 0.5) is 5.69 Å². The molecule has 1 aliphatic heterocycles. The van der Waals surface area contributed by atoms with Crippen LogP contribution in [0.15, 0.2) is 53.4 Å². The summed E-state index contributed by atoms with van der Waals surface area (Å²) in [6.07, 6.45) is 2.29. The molecule has 1 saturated heterocycles. The van der Waals surface area contributed by atoms with Crippen LogP contribution in [0.25, 0.3) is 0 Å². The average Bonchev–Trinajstić information content (AvgIpc) is 3.16. The van der Waals surface area contributed by atoms with E-state index in [0.29, 0.717) is 11.6 Å². The van der Waals surface area contributed by atoms with E-state index in [1.807, 2.05) is 14.1 Å². The lowest BCUT2D eigenvalue weighted by Crippen LogP contribution is -2.36. The Kier molecular flexibility index (Phi) is 6.42. The number of hydrogen-bond acceptors (Lipinski definition) is 4. The maximum atomic E-state index is 12.7. The summed E-state index contributed by atoms with van der Waals surface area (Å²) in [7, 11) is 0.406. The van der Waals surface area contributed by atoms with Gasteiger partial charge in [-0.05, 0) is 61.8 Å². The molecule has 0 radical (unpaired) electrons. The molecule has 1 atom stereocenters. The van der Waals surface area contributed by atoms with Gasteiger partial charge in [0, 0.05) is 37.4 Å². The number of nitrogens with zero attached hydrogens (tertiary/aromatic N) is 2. The minimum atomic E-state index is -3.61. The Hall–Kier alpha value is -1.60. The van der Waals surface area contributed by atoms with Gasteiger partial charge in [-0.25, -0.2) is 13.1 Å². The zero-order chi connectivity index (χ0) is 19.4. The van der Waals surface area contributed by atoms with E-state index in [2.05, 4.69) is 38.8 Å². The van der Waals surface area contributed by atoms with E-state index in [1.54, 1.807) is 18.2 Å². The number of benzene rings is 2. The van der Waals surface area contributed by atoms with E-state index >= 15 is 0 Å². The minimum absolute atomic E-state index is 0.0117. The first-order valence-electron chi connectivity index (χ1n) is 9.13. The fraction of sp³-hybridized carbons (Fsp3) is 0.400. The molecule has 0 aromatic heterocycles. The Morgan fingerprint density at radius 3 is 2.37 bits per heavy atom. The Morgan fingerprint density at radius 2 is 1.78 bits per heavy atom. The van der Waals surface area contributed by atoms with Gasteiger partial charge in [-0.2, -0.15) is 0 Å². The van der Waals surface area contributed by atoms with Crippen LogP contribution >= 0.6 is 11.6 Å². The standard InChI is InChI=1S/C20H26ClN3O2S/c1-23(2)18-10-8-16(9-11-18)20(24-12-3-4-13-24)15-22-27(25,26)19-7-5-6-17(21)14-19/h5-11,14,20,22H,3-4,12-13,15H2,1-2H3/t20-/m1/s1. The SMILES string of the molecule is CN(C)c1ccc([C@@H](CNS(=O)(=O)c2cccc(Cl)c2)N2CCCC2)cc1. The summed E-state index contributed by atoms with van der Waals surface area (Å²) < 4.78 is 28.1. The summed E-state index contributed by atoms with van der Waals surface area (Å²) in [4.78, 5) is 4.60. The number of halogens is 1. The summed E-state index contributed by atoms with van der Waals surface area (Å²) >= 11 is 5.95. The average molecular weight is 408 g/mol. The summed E-state index contributed by atoms with van der Waals surface area (Å²) in [5.41, 5.74) is 2.25. The fourth-order valence-corrected chi connectivity index (χ4v) is 4.75. The van der Waals surface area contributed by atoms with Gasteiger partial charge in [-0.1, -0.05) is 29.8 Å². The summed E-state index contributed by atoms with van der Waals surface area (Å²) in [5.74, 6) is 0. The first-order chi connectivity index (χ1) is 12.9. The second kappa shape index (κ2) is 8.61. The lowest BCUT2D eigenvalue weighted by atomic mass is 10.1. The quantitative estimate of drug-likeness (QED) is 0.762. The van der Waals surface area contributed by atoms with Crippen molar-refractivity contribution in [3.63, 3.8) is 0 Å². The molecule has 0 unspecified atom stereocenters. The van der Waals surface area contributed by atoms with Crippen LogP contribution in [-0.4, -0.2) is 47.0 Å². The molecule has 7 heteroatoms. The van der Waals surface area contributed by atoms with E-state index in [9.17, 15) is 8.42 Å². The third-order valence-electron chi connectivity index (χ3n) is 4.95. The van der Waals surface area contributed by atoms with Crippen molar-refractivity contribution in [1.29, 1.82) is 0 Å². The third-order valence-corrected chi connectivity index (χ3v) is 6.61. The van der Waals surface area contributed by atoms with Crippen molar-refractivity contribution in [3.05, 3.63) is 59.1 Å². The zero-order valence-corrected chi connectivity index (χ0v) is 17.3. The third kappa shape index (κ3) is 5.02. The van der Waals surface area contributed by atoms with Crippen molar-refractivity contribution in [3.8, 4) is 0 Å². The smallest absolute Gasteiger partial charge is 0.240 e. The molecule has 27 heavy (non-hydrogen) atoms. The second-order valence-corrected chi connectivity index (χ2v) is 9.26. The normalized spacial score (nSPS) is 16.4. The highest BCUT2D eigenvalue weighted by Gasteiger charge is 2.25. The highest BCUT2D eigenvalue weighted by molar-refractivity contribution is 7.89. The van der Waals surface area contributed by atoms with Crippen LogP contribution in [0, 0.1) is 0 Å². The predicted molar refractivity (Wildman–Crippen MR) is 111 cm³/mol. The Morgan fingerprint density at radius 1 is 1.11 bits per heavy atom. The maximum absolute atomic E-state index is 12.7. The maximum Gasteiger partial charge on any atom is 0.240 e. The summed E-state index contributed by atoms with van der Waals surface area (Å²) in [6.45, 7) is 2.30. The van der Waals surface area contributed by atoms with E-state index in [1.165, 1.54) is 6.07 Å². The molecular weight excluding hydrogens is 382 g/mol. The lowest BCUT2D eigenvalue weighted by molar-refractivity contribution is 0.246. The van der Waals surface area contributed by atoms with E-state index in [-0.39, 0.29) is 10.9 Å². The van der Waals surface area contributed by atoms with Gasteiger partial charge in [0.2, 0.25) is 10.0 Å². The number of rotatable bonds is 7. The molecular formula is C20H26ClN3O2S. The molecule has 0 bridgehead atoms. The van der Waals surface area contributed by atoms with E-state index < -0.39 is 10.0 Å². The molecule has 1 N–H and O–H groups in total. The first kappa shape index (κ1) is 20.1. The Balaban J connectivity index is 1.79. The van der Waals surface area contributed by atoms with Crippen LogP contribution < -0.4 is 9.62 Å². The van der Waals surface area contributed by atoms with Gasteiger partial charge >= 0.3 is 0 Å². The molecule has 1 heterocycles. The molecule has 2 aromatic rings. The van der Waals surface area contributed by atoms with Crippen molar-refractivity contribution < 1.29 is 8.42 Å². The van der Waals surface area contributed by atoms with Crippen LogP contribution in [0.3, 0.4) is 0 Å². The van der Waals surface area contributed by atoms with Gasteiger partial charge in [0.25, 0.3) is 0 Å². The van der Waals surface area contributed by atoms with Crippen molar-refractivity contribution in [2.24, 2.45) is 0 Å². The van der Waals surface area contributed by atoms with Crippen molar-refractivity contribution >= 4 is 27.3 Å². The number of likely N-dealkylation sites (tertiary alicyclic amines) is 1. The van der Waals surface area contributed by atoms with Gasteiger partial charge in [0.15, 0.2) is 0 Å². The predicted octanol–water partition coefficient (Wildman–Crippen LogP) is 3.52. The molecule has 0 saturated carbocycles. The minimum Gasteiger partial charge on any atom is -0.378 e. The lowest BCUT2D eigenvalue weighted by Gasteiger charge is -2.28. The fourth-order valence-electron chi connectivity index (χ4n) is 3.41. The molecule has 1 aliphatic rings. The topological polar surface area (TPSA) is 52.7 Å². The van der Waals surface area contributed by atoms with Crippen molar-refractivity contribution in [2.45, 2.75) is 23.8 Å². The number of nitrogens with one attached hydrogen (secondary N) is 1. The van der Waals surface area contributed by atoms with Crippen molar-refractivity contribution in [2.75, 3.05) is 38.6 Å². The number of anilines is 1. The molecule has 2 aromatic carbocycles. The zero-order valence-electron chi connectivity index (χ0n) is 15.7. The molecule has 0 spiro atoms. The molecule has 5 nitrogen and oxygen atoms in total. The van der Waals surface area contributed by atoms with Gasteiger partial charge in [0.1, 0.15) is 0 Å². The number of sulfonamides is 1. The van der Waals surface area contributed by atoms with Gasteiger partial charge in [0.05, 0.1) is 4.90 Å². The monoisotopic (exact) mass is 407 g/mol. The van der Waals surface area contributed by atoms with Gasteiger partial charge in [-0.3, -0.25) is 4.90 Å². The summed E-state index contributed by atoms with van der Waals surface area (Å²) in [6, 6.07) is 14.7. The second-order valence-electron chi connectivity index (χ2n) is 7.05. The van der Waals surface area contributed by atoms with E-state index in [0.717, 1.165) is 37.2 Å². The molecule has 3 rings (SSSR count). The highest BCUT2D eigenvalue weighted by atomic mass is 35.5. The Bertz CT molecular complexity index is 863. The highest BCUT2D eigenvalue weighted by Crippen LogP contribution is 2.27. The van der Waals surface area contributed by atoms with E-state index in [4.69, 9.17) is 11.6 Å². The van der Waals surface area contributed by atoms with Gasteiger partial charge in [-0.15, -0.1) is 0 Å². The molecule has 1 fully saturated rings. The molecule has 0 amide bonds. The van der Waals surface area contributed by atoms with Crippen LogP contribution in [0.1, 0.15) is 24.4 Å². The number of hydrogen-bond donors (Lipinski definition) is 1. The largest absolute Gasteiger partial charge is 0.378 e. The summed E-state index contributed by atoms with van der Waals surface area (Å²) in [5, 5.41) is 0.410. The van der Waals surface area contributed by atoms with Crippen LogP contribution in [-0.2, 0) is 10.0 Å².